The molecule has 0 radical (unpaired) electrons. The first-order chi connectivity index (χ1) is 9.16. The van der Waals surface area contributed by atoms with E-state index < -0.39 is 0 Å². The molecule has 1 aliphatic heterocycles. The van der Waals surface area contributed by atoms with Crippen LogP contribution in [-0.2, 0) is 4.79 Å². The number of carbonyl (C=O) groups excluding carboxylic acids is 1. The van der Waals surface area contributed by atoms with Gasteiger partial charge in [0.25, 0.3) is 5.91 Å². The Bertz CT molecular complexity index is 443. The topological polar surface area (TPSA) is 55.6 Å². The van der Waals surface area contributed by atoms with E-state index in [9.17, 15) is 4.79 Å². The van der Waals surface area contributed by atoms with E-state index in [2.05, 4.69) is 0 Å². The van der Waals surface area contributed by atoms with Crippen molar-refractivity contribution in [3.63, 3.8) is 0 Å². The molecule has 19 heavy (non-hydrogen) atoms. The van der Waals surface area contributed by atoms with Gasteiger partial charge in [0, 0.05) is 24.2 Å². The molecule has 1 saturated heterocycles. The number of hydrogen-bond acceptors (Lipinski definition) is 3. The van der Waals surface area contributed by atoms with Crippen molar-refractivity contribution in [2.45, 2.75) is 25.7 Å². The third-order valence-corrected chi connectivity index (χ3v) is 3.52. The van der Waals surface area contributed by atoms with Crippen molar-refractivity contribution in [1.29, 1.82) is 0 Å². The largest absolute Gasteiger partial charge is 0.482 e. The van der Waals surface area contributed by atoms with E-state index in [1.807, 2.05) is 4.90 Å². The Morgan fingerprint density at radius 2 is 1.95 bits per heavy atom. The molecule has 104 valence electrons. The third kappa shape index (κ3) is 4.03. The summed E-state index contributed by atoms with van der Waals surface area (Å²) in [6.45, 7) is 1.67. The van der Waals surface area contributed by atoms with Gasteiger partial charge in [-0.1, -0.05) is 24.4 Å². The van der Waals surface area contributed by atoms with Crippen molar-refractivity contribution >= 4 is 23.2 Å². The van der Waals surface area contributed by atoms with E-state index >= 15 is 0 Å². The number of likely N-dealkylation sites (tertiary alicyclic amines) is 1. The first-order valence-corrected chi connectivity index (χ1v) is 7.00. The van der Waals surface area contributed by atoms with Crippen LogP contribution in [0.15, 0.2) is 18.2 Å². The smallest absolute Gasteiger partial charge is 0.260 e. The molecular weight excluding hydrogens is 264 g/mol. The lowest BCUT2D eigenvalue weighted by molar-refractivity contribution is -0.133. The van der Waals surface area contributed by atoms with Crippen molar-refractivity contribution in [1.82, 2.24) is 4.90 Å². The molecule has 1 amide bonds. The molecule has 0 aromatic heterocycles. The molecule has 0 atom stereocenters. The van der Waals surface area contributed by atoms with Crippen LogP contribution in [0.5, 0.6) is 5.75 Å². The minimum atomic E-state index is 0.0151. The Hall–Kier alpha value is -1.42. The number of nitrogens with zero attached hydrogens (tertiary/aromatic N) is 1. The van der Waals surface area contributed by atoms with Crippen LogP contribution >= 0.6 is 11.6 Å². The van der Waals surface area contributed by atoms with Crippen molar-refractivity contribution in [3.05, 3.63) is 23.2 Å². The molecule has 1 fully saturated rings. The fraction of sp³-hybridized carbons (Fsp3) is 0.500. The molecule has 1 aromatic rings. The second-order valence-corrected chi connectivity index (χ2v) is 5.20. The van der Waals surface area contributed by atoms with Gasteiger partial charge >= 0.3 is 0 Å². The molecule has 0 aliphatic carbocycles. The summed E-state index contributed by atoms with van der Waals surface area (Å²) < 4.78 is 5.47. The Labute approximate surface area is 118 Å². The van der Waals surface area contributed by atoms with E-state index in [4.69, 9.17) is 22.1 Å². The molecule has 5 heteroatoms. The Morgan fingerprint density at radius 3 is 2.63 bits per heavy atom. The number of nitrogen functional groups attached to an aromatic ring is 1. The normalized spacial score (nSPS) is 15.9. The second-order valence-electron chi connectivity index (χ2n) is 4.77. The summed E-state index contributed by atoms with van der Waals surface area (Å²) in [5.41, 5.74) is 6.26. The molecule has 4 nitrogen and oxygen atoms in total. The highest BCUT2D eigenvalue weighted by Crippen LogP contribution is 2.25. The number of hydrogen-bond donors (Lipinski definition) is 1. The average molecular weight is 283 g/mol. The summed E-state index contributed by atoms with van der Waals surface area (Å²) in [5, 5.41) is 0.548. The minimum absolute atomic E-state index is 0.0151. The number of benzene rings is 1. The Kier molecular flexibility index (Phi) is 4.91. The standard InChI is InChI=1S/C14H19ClN2O2/c15-11-5-6-12(16)13(9-11)19-10-14(18)17-7-3-1-2-4-8-17/h5-6,9H,1-4,7-8,10,16H2. The van der Waals surface area contributed by atoms with Gasteiger partial charge in [-0.15, -0.1) is 0 Å². The first kappa shape index (κ1) is 14.0. The molecule has 0 spiro atoms. The highest BCUT2D eigenvalue weighted by Gasteiger charge is 2.16. The van der Waals surface area contributed by atoms with Crippen molar-refractivity contribution in [3.8, 4) is 5.75 Å². The van der Waals surface area contributed by atoms with E-state index in [1.165, 1.54) is 12.8 Å². The van der Waals surface area contributed by atoms with Gasteiger partial charge in [-0.3, -0.25) is 4.79 Å². The number of amides is 1. The van der Waals surface area contributed by atoms with Crippen LogP contribution in [0.25, 0.3) is 0 Å². The summed E-state index contributed by atoms with van der Waals surface area (Å²) in [5.74, 6) is 0.483. The summed E-state index contributed by atoms with van der Waals surface area (Å²) in [6, 6.07) is 5.00. The minimum Gasteiger partial charge on any atom is -0.482 e. The number of anilines is 1. The summed E-state index contributed by atoms with van der Waals surface area (Å²) in [6.07, 6.45) is 4.55. The van der Waals surface area contributed by atoms with Crippen molar-refractivity contribution < 1.29 is 9.53 Å². The maximum atomic E-state index is 12.0. The van der Waals surface area contributed by atoms with Crippen LogP contribution in [-0.4, -0.2) is 30.5 Å². The lowest BCUT2D eigenvalue weighted by atomic mass is 10.2. The van der Waals surface area contributed by atoms with Crippen LogP contribution in [0, 0.1) is 0 Å². The van der Waals surface area contributed by atoms with Gasteiger partial charge in [0.05, 0.1) is 5.69 Å². The van der Waals surface area contributed by atoms with Crippen LogP contribution < -0.4 is 10.5 Å². The lowest BCUT2D eigenvalue weighted by Gasteiger charge is -2.20. The van der Waals surface area contributed by atoms with Crippen LogP contribution in [0.2, 0.25) is 5.02 Å². The lowest BCUT2D eigenvalue weighted by Crippen LogP contribution is -2.35. The van der Waals surface area contributed by atoms with Gasteiger partial charge in [-0.2, -0.15) is 0 Å². The maximum Gasteiger partial charge on any atom is 0.260 e. The number of ether oxygens (including phenoxy) is 1. The van der Waals surface area contributed by atoms with E-state index in [0.29, 0.717) is 16.5 Å². The van der Waals surface area contributed by atoms with E-state index in [1.54, 1.807) is 18.2 Å². The molecule has 1 aliphatic rings. The number of halogens is 1. The SMILES string of the molecule is Nc1ccc(Cl)cc1OCC(=O)N1CCCCCC1. The van der Waals surface area contributed by atoms with Crippen molar-refractivity contribution in [2.24, 2.45) is 0 Å². The fourth-order valence-electron chi connectivity index (χ4n) is 2.18. The van der Waals surface area contributed by atoms with Crippen molar-refractivity contribution in [2.75, 3.05) is 25.4 Å². The zero-order valence-corrected chi connectivity index (χ0v) is 11.7. The van der Waals surface area contributed by atoms with Gasteiger partial charge in [0.15, 0.2) is 6.61 Å². The fourth-order valence-corrected chi connectivity index (χ4v) is 2.35. The molecule has 1 aromatic carbocycles. The molecule has 0 bridgehead atoms. The molecule has 1 heterocycles. The molecule has 0 saturated carbocycles. The average Bonchev–Trinajstić information content (AvgIpc) is 2.68. The van der Waals surface area contributed by atoms with Crippen LogP contribution in [0.4, 0.5) is 5.69 Å². The van der Waals surface area contributed by atoms with Crippen LogP contribution in [0.1, 0.15) is 25.7 Å². The van der Waals surface area contributed by atoms with Gasteiger partial charge in [-0.05, 0) is 25.0 Å². The molecular formula is C14H19ClN2O2. The number of nitrogens with two attached hydrogens (primary N) is 1. The zero-order chi connectivity index (χ0) is 13.7. The van der Waals surface area contributed by atoms with Gasteiger partial charge in [-0.25, -0.2) is 0 Å². The third-order valence-electron chi connectivity index (χ3n) is 3.29. The highest BCUT2D eigenvalue weighted by atomic mass is 35.5. The van der Waals surface area contributed by atoms with Crippen LogP contribution in [0.3, 0.4) is 0 Å². The monoisotopic (exact) mass is 282 g/mol. The Morgan fingerprint density at radius 1 is 1.26 bits per heavy atom. The maximum absolute atomic E-state index is 12.0. The number of carbonyl (C=O) groups is 1. The second kappa shape index (κ2) is 6.66. The molecule has 0 unspecified atom stereocenters. The summed E-state index contributed by atoms with van der Waals surface area (Å²) in [4.78, 5) is 13.9. The zero-order valence-electron chi connectivity index (χ0n) is 10.9. The predicted octanol–water partition coefficient (Wildman–Crippen LogP) is 2.70. The highest BCUT2D eigenvalue weighted by molar-refractivity contribution is 6.30. The van der Waals surface area contributed by atoms with E-state index in [0.717, 1.165) is 25.9 Å². The first-order valence-electron chi connectivity index (χ1n) is 6.62. The predicted molar refractivity (Wildman–Crippen MR) is 76.4 cm³/mol. The number of rotatable bonds is 3. The van der Waals surface area contributed by atoms with E-state index in [-0.39, 0.29) is 12.5 Å². The van der Waals surface area contributed by atoms with Gasteiger partial charge in [0.1, 0.15) is 5.75 Å². The molecule has 2 rings (SSSR count). The summed E-state index contributed by atoms with van der Waals surface area (Å²) >= 11 is 5.87. The Balaban J connectivity index is 1.90. The summed E-state index contributed by atoms with van der Waals surface area (Å²) in [7, 11) is 0. The van der Waals surface area contributed by atoms with Gasteiger partial charge in [0.2, 0.25) is 0 Å². The quantitative estimate of drug-likeness (QED) is 0.867. The van der Waals surface area contributed by atoms with Gasteiger partial charge < -0.3 is 15.4 Å². The molecule has 2 N–H and O–H groups in total.